The van der Waals surface area contributed by atoms with E-state index >= 15 is 0 Å². The van der Waals surface area contributed by atoms with Crippen molar-refractivity contribution >= 4 is 0 Å². The monoisotopic (exact) mass is 221 g/mol. The second-order valence-electron chi connectivity index (χ2n) is 2.26. The molecule has 2 rings (SSSR count). The Bertz CT molecular complexity index is 329. The van der Waals surface area contributed by atoms with Gasteiger partial charge in [-0.2, -0.15) is 12.1 Å². The van der Waals surface area contributed by atoms with Crippen molar-refractivity contribution in [3.05, 3.63) is 48.8 Å². The number of hydrogen-bond acceptors (Lipinski definition) is 3. The molecule has 2 aromatic heterocycles. The van der Waals surface area contributed by atoms with Gasteiger partial charge in [0.2, 0.25) is 0 Å². The van der Waals surface area contributed by atoms with Crippen LogP contribution in [0, 0.1) is 12.1 Å². The molecule has 0 fully saturated rings. The molecule has 0 aliphatic heterocycles. The van der Waals surface area contributed by atoms with Gasteiger partial charge in [0.15, 0.2) is 0 Å². The Hall–Kier alpha value is -1.32. The van der Waals surface area contributed by atoms with Gasteiger partial charge in [-0.3, -0.25) is 0 Å². The summed E-state index contributed by atoms with van der Waals surface area (Å²) >= 11 is 1.06. The maximum Gasteiger partial charge on any atom is -0.0441 e. The van der Waals surface area contributed by atoms with Gasteiger partial charge in [0, 0.05) is 0 Å². The quantitative estimate of drug-likeness (QED) is 0.687. The van der Waals surface area contributed by atoms with Gasteiger partial charge in [-0.25, -0.2) is 12.1 Å². The molecule has 3 nitrogen and oxygen atoms in total. The third kappa shape index (κ3) is 2.87. The second-order valence-corrected chi connectivity index (χ2v) is 2.26. The molecule has 14 heavy (non-hydrogen) atoms. The number of hydrogen-bond donors (Lipinski definition) is 0. The van der Waals surface area contributed by atoms with Crippen molar-refractivity contribution in [2.45, 2.75) is 0 Å². The summed E-state index contributed by atoms with van der Waals surface area (Å²) in [5.74, 6) is 0. The Balaban J connectivity index is 0.000000461. The molecular weight excluding hydrogens is 215 g/mol. The van der Waals surface area contributed by atoms with Gasteiger partial charge < -0.3 is 9.97 Å². The summed E-state index contributed by atoms with van der Waals surface area (Å²) in [6.07, 6.45) is 3.43. The topological polar surface area (TPSA) is 42.9 Å². The molecule has 0 radical (unpaired) electrons. The predicted octanol–water partition coefficient (Wildman–Crippen LogP) is 1.62. The van der Waals surface area contributed by atoms with Crippen molar-refractivity contribution in [1.82, 2.24) is 9.97 Å². The predicted molar refractivity (Wildman–Crippen MR) is 45.8 cm³/mol. The van der Waals surface area contributed by atoms with Gasteiger partial charge in [-0.05, 0) is 12.4 Å². The Morgan fingerprint density at radius 1 is 0.929 bits per heavy atom. The van der Waals surface area contributed by atoms with Crippen LogP contribution in [0.25, 0.3) is 11.4 Å². The fourth-order valence-electron chi connectivity index (χ4n) is 0.909. The summed E-state index contributed by atoms with van der Waals surface area (Å²) < 4.78 is 8.19. The Morgan fingerprint density at radius 2 is 1.36 bits per heavy atom. The van der Waals surface area contributed by atoms with Crippen LogP contribution in [0.4, 0.5) is 0 Å². The van der Waals surface area contributed by atoms with Crippen LogP contribution in [0.5, 0.6) is 0 Å². The van der Waals surface area contributed by atoms with Crippen molar-refractivity contribution in [2.75, 3.05) is 0 Å². The van der Waals surface area contributed by atoms with Crippen molar-refractivity contribution in [3.63, 3.8) is 0 Å². The van der Waals surface area contributed by atoms with E-state index in [2.05, 4.69) is 22.1 Å². The van der Waals surface area contributed by atoms with Crippen LogP contribution in [0.15, 0.2) is 36.7 Å². The number of nitrogens with zero attached hydrogens (tertiary/aromatic N) is 2. The first-order valence-corrected chi connectivity index (χ1v) is 4.38. The van der Waals surface area contributed by atoms with Gasteiger partial charge in [0.05, 0.1) is 0 Å². The minimum absolute atomic E-state index is 0.734. The van der Waals surface area contributed by atoms with Gasteiger partial charge >= 0.3 is 21.0 Å². The third-order valence-electron chi connectivity index (χ3n) is 1.44. The Labute approximate surface area is 91.4 Å². The average Bonchev–Trinajstić information content (AvgIpc) is 2.34. The smallest absolute Gasteiger partial charge is 0.0441 e. The van der Waals surface area contributed by atoms with Crippen LogP contribution in [-0.4, -0.2) is 9.97 Å². The van der Waals surface area contributed by atoms with Crippen molar-refractivity contribution in [2.24, 2.45) is 0 Å². The number of pyridine rings is 2. The zero-order valence-electron chi connectivity index (χ0n) is 7.21. The molecule has 0 bridgehead atoms. The molecule has 2 heterocycles. The first-order chi connectivity index (χ1) is 6.97. The van der Waals surface area contributed by atoms with Gasteiger partial charge in [-0.1, -0.05) is 0 Å². The minimum Gasteiger partial charge on any atom is -0.357 e. The molecule has 0 aliphatic rings. The molecule has 0 saturated heterocycles. The summed E-state index contributed by atoms with van der Waals surface area (Å²) in [7, 11) is 0. The molecule has 0 amide bonds. The van der Waals surface area contributed by atoms with Gasteiger partial charge in [-0.15, -0.1) is 23.5 Å². The molecule has 0 spiro atoms. The van der Waals surface area contributed by atoms with E-state index in [9.17, 15) is 0 Å². The van der Waals surface area contributed by atoms with Crippen molar-refractivity contribution < 1.29 is 21.0 Å². The molecule has 0 saturated carbocycles. The fourth-order valence-corrected chi connectivity index (χ4v) is 0.909. The SMILES string of the molecule is [O]=[V+2].[c-]1cccnc1-c1[c-]cccn1. The van der Waals surface area contributed by atoms with Gasteiger partial charge in [0.1, 0.15) is 0 Å². The van der Waals surface area contributed by atoms with E-state index < -0.39 is 0 Å². The molecule has 0 N–H and O–H groups in total. The van der Waals surface area contributed by atoms with Crippen LogP contribution in [-0.2, 0) is 21.0 Å². The summed E-state index contributed by atoms with van der Waals surface area (Å²) in [6.45, 7) is 0. The van der Waals surface area contributed by atoms with Crippen LogP contribution >= 0.6 is 0 Å². The van der Waals surface area contributed by atoms with Crippen LogP contribution < -0.4 is 0 Å². The summed E-state index contributed by atoms with van der Waals surface area (Å²) in [5.41, 5.74) is 1.47. The van der Waals surface area contributed by atoms with E-state index in [1.54, 1.807) is 12.4 Å². The second kappa shape index (κ2) is 6.19. The molecule has 0 aromatic carbocycles. The first kappa shape index (κ1) is 10.8. The fraction of sp³-hybridized carbons (Fsp3) is 0. The molecule has 0 aliphatic carbocycles. The maximum atomic E-state index is 8.19. The number of rotatable bonds is 1. The van der Waals surface area contributed by atoms with E-state index in [4.69, 9.17) is 3.67 Å². The van der Waals surface area contributed by atoms with Crippen molar-refractivity contribution in [1.29, 1.82) is 0 Å². The maximum absolute atomic E-state index is 8.19. The number of aromatic nitrogens is 2. The van der Waals surface area contributed by atoms with Crippen LogP contribution in [0.3, 0.4) is 0 Å². The largest absolute Gasteiger partial charge is 0.357 e. The molecule has 0 unspecified atom stereocenters. The van der Waals surface area contributed by atoms with E-state index in [1.165, 1.54) is 0 Å². The molecule has 2 aromatic rings. The van der Waals surface area contributed by atoms with E-state index in [1.807, 2.05) is 24.3 Å². The molecular formula is C10H6N2OV. The van der Waals surface area contributed by atoms with Crippen molar-refractivity contribution in [3.8, 4) is 11.4 Å². The van der Waals surface area contributed by atoms with Crippen LogP contribution in [0.1, 0.15) is 0 Å². The first-order valence-electron chi connectivity index (χ1n) is 3.81. The third-order valence-corrected chi connectivity index (χ3v) is 1.44. The Morgan fingerprint density at radius 3 is 1.64 bits per heavy atom. The normalized spacial score (nSPS) is 8.71. The van der Waals surface area contributed by atoms with Crippen LogP contribution in [0.2, 0.25) is 0 Å². The van der Waals surface area contributed by atoms with Gasteiger partial charge in [0.25, 0.3) is 0 Å². The zero-order chi connectivity index (χ0) is 10.2. The minimum atomic E-state index is 0.734. The zero-order valence-corrected chi connectivity index (χ0v) is 8.61. The van der Waals surface area contributed by atoms with E-state index in [0.717, 1.165) is 28.8 Å². The average molecular weight is 221 g/mol. The molecule has 0 atom stereocenters. The summed E-state index contributed by atoms with van der Waals surface area (Å²) in [4.78, 5) is 8.20. The van der Waals surface area contributed by atoms with E-state index in [0.29, 0.717) is 0 Å². The summed E-state index contributed by atoms with van der Waals surface area (Å²) in [6, 6.07) is 13.2. The summed E-state index contributed by atoms with van der Waals surface area (Å²) in [5, 5.41) is 0. The molecule has 67 valence electrons. The Kier molecular flexibility index (Phi) is 4.76. The molecule has 4 heteroatoms. The standard InChI is InChI=1S/C10H6N2.O.V/c1-3-7-11-9(5-1)10-6-2-4-8-12-10;;/h1-4,7-8H;;/q-2;;+2. The van der Waals surface area contributed by atoms with E-state index in [-0.39, 0.29) is 0 Å².